The highest BCUT2D eigenvalue weighted by Gasteiger charge is 2.06. The normalized spacial score (nSPS) is 9.06. The molecule has 0 aliphatic carbocycles. The van der Waals surface area contributed by atoms with Crippen LogP contribution in [0.15, 0.2) is 12.2 Å². The number of thiocarbonyl (C=S) groups is 1. The number of nitrogens with one attached hydrogen (secondary N) is 1. The van der Waals surface area contributed by atoms with Gasteiger partial charge < -0.3 is 14.2 Å². The van der Waals surface area contributed by atoms with Crippen LogP contribution in [-0.2, 0) is 19.0 Å². The summed E-state index contributed by atoms with van der Waals surface area (Å²) in [5.74, 6) is -0.502. The largest absolute Gasteiger partial charge is 0.467 e. The molecule has 1 N–H and O–H groups in total. The Morgan fingerprint density at radius 3 is 2.35 bits per heavy atom. The number of rotatable bonds is 5. The minimum absolute atomic E-state index is 0.0241. The molecule has 0 spiro atoms. The summed E-state index contributed by atoms with van der Waals surface area (Å²) in [4.78, 5) is 21.8. The molecule has 17 heavy (non-hydrogen) atoms. The summed E-state index contributed by atoms with van der Waals surface area (Å²) in [5, 5.41) is 2.05. The Balaban J connectivity index is 3.62. The van der Waals surface area contributed by atoms with Crippen LogP contribution in [0.2, 0.25) is 0 Å². The fraction of sp³-hybridized carbons (Fsp3) is 0.500. The summed E-state index contributed by atoms with van der Waals surface area (Å²) in [6, 6.07) is 0. The Morgan fingerprint density at radius 1 is 1.24 bits per heavy atom. The second kappa shape index (κ2) is 8.51. The molecule has 0 aromatic heterocycles. The number of ether oxygens (including phenoxy) is 3. The summed E-state index contributed by atoms with van der Waals surface area (Å²) in [7, 11) is 0. The zero-order valence-corrected chi connectivity index (χ0v) is 10.6. The topological polar surface area (TPSA) is 73.9 Å². The molecule has 0 bridgehead atoms. The smallest absolute Gasteiger partial charge is 0.414 e. The molecule has 0 rings (SSSR count). The van der Waals surface area contributed by atoms with Crippen molar-refractivity contribution in [2.24, 2.45) is 0 Å². The molecule has 0 aliphatic rings. The summed E-state index contributed by atoms with van der Waals surface area (Å²) in [6.07, 6.45) is -0.684. The molecule has 1 amide bonds. The molecule has 6 nitrogen and oxygen atoms in total. The first-order valence-electron chi connectivity index (χ1n) is 4.90. The number of carbonyl (C=O) groups excluding carboxylic acids is 2. The predicted octanol–water partition coefficient (Wildman–Crippen LogP) is 1.15. The Morgan fingerprint density at radius 2 is 1.82 bits per heavy atom. The van der Waals surface area contributed by atoms with Crippen molar-refractivity contribution in [3.63, 3.8) is 0 Å². The van der Waals surface area contributed by atoms with Gasteiger partial charge in [-0.3, -0.25) is 5.32 Å². The number of hydrogen-bond donors (Lipinski definition) is 1. The van der Waals surface area contributed by atoms with Gasteiger partial charge in [0.05, 0.1) is 6.61 Å². The van der Waals surface area contributed by atoms with E-state index in [0.717, 1.165) is 0 Å². The Hall–Kier alpha value is -1.63. The van der Waals surface area contributed by atoms with Crippen LogP contribution in [0.5, 0.6) is 0 Å². The van der Waals surface area contributed by atoms with Gasteiger partial charge >= 0.3 is 12.1 Å². The van der Waals surface area contributed by atoms with Crippen molar-refractivity contribution in [2.45, 2.75) is 13.8 Å². The third-order valence-corrected chi connectivity index (χ3v) is 1.60. The lowest BCUT2D eigenvalue weighted by Gasteiger charge is -2.08. The van der Waals surface area contributed by atoms with Gasteiger partial charge in [-0.1, -0.05) is 6.58 Å². The van der Waals surface area contributed by atoms with Gasteiger partial charge in [-0.2, -0.15) is 0 Å². The second-order valence-electron chi connectivity index (χ2n) is 2.90. The Labute approximate surface area is 105 Å². The molecule has 0 unspecified atom stereocenters. The first-order chi connectivity index (χ1) is 7.97. The maximum absolute atomic E-state index is 11.0. The van der Waals surface area contributed by atoms with Crippen LogP contribution in [0.3, 0.4) is 0 Å². The van der Waals surface area contributed by atoms with E-state index in [9.17, 15) is 9.59 Å². The first-order valence-corrected chi connectivity index (χ1v) is 5.31. The van der Waals surface area contributed by atoms with Crippen LogP contribution >= 0.6 is 12.2 Å². The van der Waals surface area contributed by atoms with Gasteiger partial charge in [0.2, 0.25) is 0 Å². The van der Waals surface area contributed by atoms with Crippen molar-refractivity contribution in [2.75, 3.05) is 19.8 Å². The molecule has 0 saturated carbocycles. The van der Waals surface area contributed by atoms with E-state index >= 15 is 0 Å². The standard InChI is InChI=1S/C10H15NO5S/c1-4-14-9(13)11-10(17)16-6-5-15-8(12)7(2)3/h2,4-6H2,1,3H3,(H,11,13,17). The van der Waals surface area contributed by atoms with Gasteiger partial charge in [0, 0.05) is 5.57 Å². The highest BCUT2D eigenvalue weighted by atomic mass is 32.1. The molecule has 0 aromatic rings. The van der Waals surface area contributed by atoms with Gasteiger partial charge in [-0.05, 0) is 26.1 Å². The lowest BCUT2D eigenvalue weighted by atomic mass is 10.4. The van der Waals surface area contributed by atoms with Crippen LogP contribution in [-0.4, -0.2) is 37.1 Å². The van der Waals surface area contributed by atoms with E-state index < -0.39 is 12.1 Å². The van der Waals surface area contributed by atoms with Crippen LogP contribution in [0, 0.1) is 0 Å². The minimum atomic E-state index is -0.684. The van der Waals surface area contributed by atoms with Crippen LogP contribution in [0.1, 0.15) is 13.8 Å². The van der Waals surface area contributed by atoms with Gasteiger partial charge in [0.1, 0.15) is 13.2 Å². The maximum Gasteiger partial charge on any atom is 0.414 e. The highest BCUT2D eigenvalue weighted by molar-refractivity contribution is 7.80. The summed E-state index contributed by atoms with van der Waals surface area (Å²) < 4.78 is 14.2. The third kappa shape index (κ3) is 8.21. The van der Waals surface area contributed by atoms with Crippen molar-refractivity contribution >= 4 is 29.5 Å². The number of carbonyl (C=O) groups is 2. The summed E-state index contributed by atoms with van der Waals surface area (Å²) >= 11 is 4.68. The predicted molar refractivity (Wildman–Crippen MR) is 64.5 cm³/mol. The Bertz CT molecular complexity index is 316. The van der Waals surface area contributed by atoms with E-state index in [-0.39, 0.29) is 25.0 Å². The van der Waals surface area contributed by atoms with Gasteiger partial charge in [-0.25, -0.2) is 9.59 Å². The number of alkyl carbamates (subject to hydrolysis) is 1. The van der Waals surface area contributed by atoms with E-state index in [4.69, 9.17) is 9.47 Å². The van der Waals surface area contributed by atoms with Crippen molar-refractivity contribution in [1.82, 2.24) is 5.32 Å². The SMILES string of the molecule is C=C(C)C(=O)OCCOC(=S)NC(=O)OCC. The Kier molecular flexibility index (Phi) is 7.70. The fourth-order valence-corrected chi connectivity index (χ4v) is 0.845. The number of esters is 1. The van der Waals surface area contributed by atoms with E-state index in [1.165, 1.54) is 6.92 Å². The lowest BCUT2D eigenvalue weighted by Crippen LogP contribution is -2.32. The van der Waals surface area contributed by atoms with Crippen molar-refractivity contribution < 1.29 is 23.8 Å². The van der Waals surface area contributed by atoms with Crippen molar-refractivity contribution in [3.8, 4) is 0 Å². The summed E-state index contributed by atoms with van der Waals surface area (Å²) in [6.45, 7) is 6.93. The van der Waals surface area contributed by atoms with Gasteiger partial charge in [-0.15, -0.1) is 0 Å². The quantitative estimate of drug-likeness (QED) is 0.346. The molecule has 0 heterocycles. The molecule has 0 aliphatic heterocycles. The van der Waals surface area contributed by atoms with E-state index in [0.29, 0.717) is 5.57 Å². The van der Waals surface area contributed by atoms with Crippen LogP contribution < -0.4 is 5.32 Å². The molecule has 0 aromatic carbocycles. The van der Waals surface area contributed by atoms with Crippen molar-refractivity contribution in [3.05, 3.63) is 12.2 Å². The highest BCUT2D eigenvalue weighted by Crippen LogP contribution is 1.92. The van der Waals surface area contributed by atoms with Gasteiger partial charge in [0.25, 0.3) is 5.17 Å². The average Bonchev–Trinajstić information content (AvgIpc) is 2.24. The fourth-order valence-electron chi connectivity index (χ4n) is 0.679. The number of amides is 1. The molecule has 0 fully saturated rings. The average molecular weight is 261 g/mol. The van der Waals surface area contributed by atoms with Crippen molar-refractivity contribution in [1.29, 1.82) is 0 Å². The molecular formula is C10H15NO5S. The van der Waals surface area contributed by atoms with E-state index in [1.807, 2.05) is 0 Å². The summed E-state index contributed by atoms with van der Waals surface area (Å²) in [5.41, 5.74) is 0.303. The van der Waals surface area contributed by atoms with Crippen LogP contribution in [0.25, 0.3) is 0 Å². The maximum atomic E-state index is 11.0. The molecule has 0 radical (unpaired) electrons. The first kappa shape index (κ1) is 15.4. The molecule has 96 valence electrons. The van der Waals surface area contributed by atoms with Gasteiger partial charge in [0.15, 0.2) is 0 Å². The lowest BCUT2D eigenvalue weighted by molar-refractivity contribution is -0.139. The van der Waals surface area contributed by atoms with E-state index in [1.54, 1.807) is 6.92 Å². The minimum Gasteiger partial charge on any atom is -0.467 e. The van der Waals surface area contributed by atoms with Crippen LogP contribution in [0.4, 0.5) is 4.79 Å². The second-order valence-corrected chi connectivity index (χ2v) is 3.27. The molecule has 7 heteroatoms. The zero-order chi connectivity index (χ0) is 13.3. The molecule has 0 atom stereocenters. The van der Waals surface area contributed by atoms with E-state index in [2.05, 4.69) is 28.9 Å². The number of hydrogen-bond acceptors (Lipinski definition) is 6. The zero-order valence-electron chi connectivity index (χ0n) is 9.78. The molecule has 0 saturated heterocycles. The molecular weight excluding hydrogens is 246 g/mol. The third-order valence-electron chi connectivity index (χ3n) is 1.38. The monoisotopic (exact) mass is 261 g/mol.